The minimum absolute atomic E-state index is 0.00325. The van der Waals surface area contributed by atoms with Crippen molar-refractivity contribution in [2.75, 3.05) is 11.4 Å². The van der Waals surface area contributed by atoms with Crippen molar-refractivity contribution >= 4 is 23.3 Å². The second-order valence-corrected chi connectivity index (χ2v) is 6.14. The summed E-state index contributed by atoms with van der Waals surface area (Å²) in [6.45, 7) is 0.0904. The van der Waals surface area contributed by atoms with Gasteiger partial charge in [0.05, 0.1) is 16.5 Å². The Morgan fingerprint density at radius 3 is 2.71 bits per heavy atom. The first kappa shape index (κ1) is 16.4. The molecule has 0 N–H and O–H groups in total. The Labute approximate surface area is 137 Å². The van der Waals surface area contributed by atoms with Crippen molar-refractivity contribution in [2.24, 2.45) is 5.92 Å². The Morgan fingerprint density at radius 1 is 1.33 bits per heavy atom. The van der Waals surface area contributed by atoms with Gasteiger partial charge in [-0.1, -0.05) is 0 Å². The number of ether oxygens (including phenoxy) is 1. The van der Waals surface area contributed by atoms with E-state index in [2.05, 4.69) is 0 Å². The van der Waals surface area contributed by atoms with Crippen LogP contribution in [0.2, 0.25) is 0 Å². The highest BCUT2D eigenvalue weighted by molar-refractivity contribution is 5.99. The highest BCUT2D eigenvalue weighted by Gasteiger charge is 2.38. The Balaban J connectivity index is 1.71. The fourth-order valence-electron chi connectivity index (χ4n) is 3.19. The van der Waals surface area contributed by atoms with E-state index in [4.69, 9.17) is 4.74 Å². The van der Waals surface area contributed by atoms with Crippen molar-refractivity contribution < 1.29 is 23.6 Å². The van der Waals surface area contributed by atoms with Gasteiger partial charge in [-0.05, 0) is 37.8 Å². The number of amides is 1. The third kappa shape index (κ3) is 3.22. The topological polar surface area (TPSA) is 89.8 Å². The average Bonchev–Trinajstić information content (AvgIpc) is 3.17. The van der Waals surface area contributed by atoms with Crippen LogP contribution in [-0.2, 0) is 14.3 Å². The first-order chi connectivity index (χ1) is 11.5. The van der Waals surface area contributed by atoms with E-state index in [0.29, 0.717) is 0 Å². The zero-order chi connectivity index (χ0) is 17.3. The van der Waals surface area contributed by atoms with Crippen LogP contribution in [0.15, 0.2) is 18.2 Å². The maximum absolute atomic E-state index is 13.4. The summed E-state index contributed by atoms with van der Waals surface area (Å²) in [5, 5.41) is 10.8. The fourth-order valence-corrected chi connectivity index (χ4v) is 3.19. The monoisotopic (exact) mass is 336 g/mol. The maximum Gasteiger partial charge on any atom is 0.311 e. The van der Waals surface area contributed by atoms with Gasteiger partial charge >= 0.3 is 11.7 Å². The van der Waals surface area contributed by atoms with Crippen molar-refractivity contribution in [1.82, 2.24) is 0 Å². The van der Waals surface area contributed by atoms with Gasteiger partial charge in [0, 0.05) is 19.0 Å². The number of hydrogen-bond donors (Lipinski definition) is 0. The van der Waals surface area contributed by atoms with Crippen LogP contribution in [0.4, 0.5) is 15.8 Å². The first-order valence-electron chi connectivity index (χ1n) is 7.90. The number of nitro groups is 1. The van der Waals surface area contributed by atoms with Gasteiger partial charge in [0.1, 0.15) is 6.10 Å². The molecule has 1 heterocycles. The molecule has 0 spiro atoms. The number of nitrogens with zero attached hydrogens (tertiary/aromatic N) is 2. The lowest BCUT2D eigenvalue weighted by Gasteiger charge is -2.17. The number of hydrogen-bond acceptors (Lipinski definition) is 5. The van der Waals surface area contributed by atoms with Crippen LogP contribution in [0.25, 0.3) is 0 Å². The van der Waals surface area contributed by atoms with Crippen molar-refractivity contribution in [3.8, 4) is 0 Å². The second kappa shape index (κ2) is 6.54. The van der Waals surface area contributed by atoms with Crippen molar-refractivity contribution in [1.29, 1.82) is 0 Å². The van der Waals surface area contributed by atoms with Crippen LogP contribution < -0.4 is 4.90 Å². The molecule has 0 bridgehead atoms. The lowest BCUT2D eigenvalue weighted by Crippen LogP contribution is -2.27. The van der Waals surface area contributed by atoms with Gasteiger partial charge in [0.2, 0.25) is 11.7 Å². The average molecular weight is 336 g/mol. The molecule has 7 nitrogen and oxygen atoms in total. The van der Waals surface area contributed by atoms with E-state index in [9.17, 15) is 24.1 Å². The van der Waals surface area contributed by atoms with Gasteiger partial charge in [0.25, 0.3) is 0 Å². The van der Waals surface area contributed by atoms with E-state index in [1.807, 2.05) is 0 Å². The zero-order valence-corrected chi connectivity index (χ0v) is 12.9. The van der Waals surface area contributed by atoms with Gasteiger partial charge in [-0.2, -0.15) is 4.39 Å². The quantitative estimate of drug-likeness (QED) is 0.479. The summed E-state index contributed by atoms with van der Waals surface area (Å²) in [4.78, 5) is 35.6. The number of carbonyl (C=O) groups excluding carboxylic acids is 2. The lowest BCUT2D eigenvalue weighted by atomic mass is 10.1. The van der Waals surface area contributed by atoms with E-state index < -0.39 is 28.3 Å². The third-order valence-corrected chi connectivity index (χ3v) is 4.48. The van der Waals surface area contributed by atoms with Gasteiger partial charge in [-0.25, -0.2) is 0 Å². The van der Waals surface area contributed by atoms with Gasteiger partial charge in [0.15, 0.2) is 0 Å². The summed E-state index contributed by atoms with van der Waals surface area (Å²) >= 11 is 0. The zero-order valence-electron chi connectivity index (χ0n) is 12.9. The van der Waals surface area contributed by atoms with E-state index in [1.165, 1.54) is 11.0 Å². The molecule has 2 aliphatic rings. The molecule has 1 aliphatic heterocycles. The van der Waals surface area contributed by atoms with Crippen molar-refractivity contribution in [3.05, 3.63) is 34.1 Å². The fraction of sp³-hybridized carbons (Fsp3) is 0.500. The van der Waals surface area contributed by atoms with Gasteiger partial charge < -0.3 is 9.64 Å². The van der Waals surface area contributed by atoms with Crippen LogP contribution in [0.3, 0.4) is 0 Å². The number of anilines is 1. The molecule has 24 heavy (non-hydrogen) atoms. The molecule has 128 valence electrons. The summed E-state index contributed by atoms with van der Waals surface area (Å²) in [6.07, 6.45) is 3.69. The summed E-state index contributed by atoms with van der Waals surface area (Å²) in [7, 11) is 0. The van der Waals surface area contributed by atoms with Gasteiger partial charge in [-0.3, -0.25) is 19.7 Å². The van der Waals surface area contributed by atoms with Crippen LogP contribution in [0, 0.1) is 21.8 Å². The Bertz CT molecular complexity index is 687. The summed E-state index contributed by atoms with van der Waals surface area (Å²) < 4.78 is 18.8. The molecule has 1 unspecified atom stereocenters. The standard InChI is InChI=1S/C16H17FN2O5/c17-13-6-5-11(8-14(13)19(22)23)18-9-10(7-15(18)20)16(21)24-12-3-1-2-4-12/h5-6,8,10,12H,1-4,7,9H2. The molecule has 2 fully saturated rings. The van der Waals surface area contributed by atoms with Gasteiger partial charge in [-0.15, -0.1) is 0 Å². The summed E-state index contributed by atoms with van der Waals surface area (Å²) in [6, 6.07) is 3.26. The molecule has 1 saturated carbocycles. The molecule has 0 aromatic heterocycles. The molecule has 1 aliphatic carbocycles. The predicted molar refractivity (Wildman–Crippen MR) is 81.9 cm³/mol. The maximum atomic E-state index is 13.4. The molecule has 1 aromatic rings. The second-order valence-electron chi connectivity index (χ2n) is 6.14. The van der Waals surface area contributed by atoms with Crippen LogP contribution in [0.1, 0.15) is 32.1 Å². The smallest absolute Gasteiger partial charge is 0.311 e. The molecule has 8 heteroatoms. The van der Waals surface area contributed by atoms with E-state index in [1.54, 1.807) is 0 Å². The molecular weight excluding hydrogens is 319 g/mol. The van der Waals surface area contributed by atoms with Crippen molar-refractivity contribution in [3.63, 3.8) is 0 Å². The van der Waals surface area contributed by atoms with Crippen LogP contribution in [0.5, 0.6) is 0 Å². The van der Waals surface area contributed by atoms with E-state index in [0.717, 1.165) is 37.8 Å². The Kier molecular flexibility index (Phi) is 4.46. The van der Waals surface area contributed by atoms with E-state index >= 15 is 0 Å². The summed E-state index contributed by atoms with van der Waals surface area (Å²) in [5.41, 5.74) is -0.485. The van der Waals surface area contributed by atoms with Crippen molar-refractivity contribution in [2.45, 2.75) is 38.2 Å². The number of halogens is 1. The lowest BCUT2D eigenvalue weighted by molar-refractivity contribution is -0.387. The molecule has 0 radical (unpaired) electrons. The molecule has 3 rings (SSSR count). The number of rotatable bonds is 4. The summed E-state index contributed by atoms with van der Waals surface area (Å²) in [5.74, 6) is -2.30. The SMILES string of the molecule is O=C(OC1CCCC1)C1CC(=O)N(c2ccc(F)c([N+](=O)[O-])c2)C1. The minimum atomic E-state index is -0.965. The largest absolute Gasteiger partial charge is 0.462 e. The number of benzene rings is 1. The van der Waals surface area contributed by atoms with Crippen LogP contribution >= 0.6 is 0 Å². The molecule has 1 amide bonds. The van der Waals surface area contributed by atoms with E-state index in [-0.39, 0.29) is 30.7 Å². The Morgan fingerprint density at radius 2 is 2.04 bits per heavy atom. The predicted octanol–water partition coefficient (Wildman–Crippen LogP) is 2.57. The first-order valence-corrected chi connectivity index (χ1v) is 7.90. The number of esters is 1. The van der Waals surface area contributed by atoms with Crippen LogP contribution in [-0.4, -0.2) is 29.4 Å². The highest BCUT2D eigenvalue weighted by Crippen LogP contribution is 2.31. The normalized spacial score (nSPS) is 21.3. The minimum Gasteiger partial charge on any atom is -0.462 e. The highest BCUT2D eigenvalue weighted by atomic mass is 19.1. The number of nitro benzene ring substituents is 1. The third-order valence-electron chi connectivity index (χ3n) is 4.48. The molecule has 1 aromatic carbocycles. The number of carbonyl (C=O) groups is 2. The Hall–Kier alpha value is -2.51. The molecular formula is C16H17FN2O5. The molecule has 1 saturated heterocycles. The molecule has 1 atom stereocenters.